The van der Waals surface area contributed by atoms with Gasteiger partial charge in [0.15, 0.2) is 0 Å². The van der Waals surface area contributed by atoms with Crippen molar-refractivity contribution in [2.24, 2.45) is 5.41 Å². The molecule has 0 radical (unpaired) electrons. The first kappa shape index (κ1) is 14.9. The van der Waals surface area contributed by atoms with Gasteiger partial charge in [0.1, 0.15) is 11.9 Å². The molecular formula is C19H28O2. The second-order valence-electron chi connectivity index (χ2n) is 8.05. The highest BCUT2D eigenvalue weighted by Crippen LogP contribution is 2.55. The molecule has 0 heterocycles. The fourth-order valence-electron chi connectivity index (χ4n) is 4.08. The third kappa shape index (κ3) is 2.48. The van der Waals surface area contributed by atoms with E-state index in [2.05, 4.69) is 45.9 Å². The second-order valence-corrected chi connectivity index (χ2v) is 8.05. The summed E-state index contributed by atoms with van der Waals surface area (Å²) in [5.41, 5.74) is 2.62. The van der Waals surface area contributed by atoms with Crippen LogP contribution in [-0.2, 0) is 5.41 Å². The van der Waals surface area contributed by atoms with E-state index in [1.165, 1.54) is 24.0 Å². The molecule has 2 unspecified atom stereocenters. The molecule has 1 spiro atoms. The average Bonchev–Trinajstić information content (AvgIpc) is 2.89. The molecule has 2 nitrogen and oxygen atoms in total. The van der Waals surface area contributed by atoms with Crippen molar-refractivity contribution in [3.63, 3.8) is 0 Å². The number of aliphatic hydroxyl groups excluding tert-OH is 1. The lowest BCUT2D eigenvalue weighted by atomic mass is 9.62. The summed E-state index contributed by atoms with van der Waals surface area (Å²) in [6.45, 7) is 8.79. The van der Waals surface area contributed by atoms with Gasteiger partial charge in [-0.15, -0.1) is 0 Å². The number of rotatable bonds is 2. The minimum atomic E-state index is -0.159. The molecule has 2 aliphatic rings. The fourth-order valence-corrected chi connectivity index (χ4v) is 4.08. The molecule has 116 valence electrons. The van der Waals surface area contributed by atoms with Gasteiger partial charge in [0.2, 0.25) is 0 Å². The lowest BCUT2D eigenvalue weighted by molar-refractivity contribution is -0.152. The van der Waals surface area contributed by atoms with Gasteiger partial charge in [0.05, 0.1) is 6.10 Å². The van der Waals surface area contributed by atoms with E-state index < -0.39 is 0 Å². The smallest absolute Gasteiger partial charge is 0.123 e. The summed E-state index contributed by atoms with van der Waals surface area (Å²) >= 11 is 0. The number of aliphatic hydroxyl groups is 1. The van der Waals surface area contributed by atoms with Crippen LogP contribution in [0, 0.1) is 12.3 Å². The highest BCUT2D eigenvalue weighted by molar-refractivity contribution is 5.41. The molecule has 2 heteroatoms. The molecule has 1 aromatic rings. The van der Waals surface area contributed by atoms with Crippen LogP contribution in [0.4, 0.5) is 0 Å². The predicted octanol–water partition coefficient (Wildman–Crippen LogP) is 4.36. The maximum atomic E-state index is 10.3. The quantitative estimate of drug-likeness (QED) is 0.876. The lowest BCUT2D eigenvalue weighted by Crippen LogP contribution is -2.58. The van der Waals surface area contributed by atoms with Crippen molar-refractivity contribution in [3.05, 3.63) is 29.3 Å². The van der Waals surface area contributed by atoms with Crippen LogP contribution in [0.5, 0.6) is 5.75 Å². The summed E-state index contributed by atoms with van der Waals surface area (Å²) in [6.07, 6.45) is 5.53. The Morgan fingerprint density at radius 3 is 2.43 bits per heavy atom. The zero-order valence-electron chi connectivity index (χ0n) is 13.8. The molecule has 0 saturated heterocycles. The zero-order valence-corrected chi connectivity index (χ0v) is 13.8. The molecule has 2 aliphatic carbocycles. The first-order valence-corrected chi connectivity index (χ1v) is 8.29. The Balaban J connectivity index is 1.87. The van der Waals surface area contributed by atoms with Gasteiger partial charge in [-0.3, -0.25) is 0 Å². The average molecular weight is 288 g/mol. The summed E-state index contributed by atoms with van der Waals surface area (Å²) in [5.74, 6) is 1.02. The molecule has 2 atom stereocenters. The van der Waals surface area contributed by atoms with E-state index in [0.717, 1.165) is 25.0 Å². The molecule has 0 aromatic heterocycles. The topological polar surface area (TPSA) is 29.5 Å². The van der Waals surface area contributed by atoms with E-state index in [9.17, 15) is 5.11 Å². The number of aryl methyl sites for hydroxylation is 1. The Morgan fingerprint density at radius 1 is 1.19 bits per heavy atom. The minimum absolute atomic E-state index is 0.0406. The summed E-state index contributed by atoms with van der Waals surface area (Å²) in [4.78, 5) is 0. The van der Waals surface area contributed by atoms with Crippen molar-refractivity contribution in [2.75, 3.05) is 0 Å². The van der Waals surface area contributed by atoms with Gasteiger partial charge in [-0.25, -0.2) is 0 Å². The molecule has 0 aliphatic heterocycles. The largest absolute Gasteiger partial charge is 0.489 e. The predicted molar refractivity (Wildman–Crippen MR) is 85.8 cm³/mol. The summed E-state index contributed by atoms with van der Waals surface area (Å²) < 4.78 is 6.44. The van der Waals surface area contributed by atoms with E-state index in [1.807, 2.05) is 0 Å². The van der Waals surface area contributed by atoms with Crippen LogP contribution in [0.2, 0.25) is 0 Å². The van der Waals surface area contributed by atoms with Gasteiger partial charge in [-0.05, 0) is 42.4 Å². The van der Waals surface area contributed by atoms with Crippen molar-refractivity contribution in [2.45, 2.75) is 77.4 Å². The van der Waals surface area contributed by atoms with Gasteiger partial charge < -0.3 is 9.84 Å². The van der Waals surface area contributed by atoms with Gasteiger partial charge in [0.25, 0.3) is 0 Å². The van der Waals surface area contributed by atoms with Crippen molar-refractivity contribution >= 4 is 0 Å². The molecule has 1 N–H and O–H groups in total. The number of hydrogen-bond donors (Lipinski definition) is 1. The Morgan fingerprint density at radius 2 is 1.86 bits per heavy atom. The van der Waals surface area contributed by atoms with Crippen LogP contribution >= 0.6 is 0 Å². The Hall–Kier alpha value is -1.02. The van der Waals surface area contributed by atoms with E-state index in [4.69, 9.17) is 4.74 Å². The van der Waals surface area contributed by atoms with Crippen molar-refractivity contribution in [3.8, 4) is 5.75 Å². The Labute approximate surface area is 128 Å². The maximum Gasteiger partial charge on any atom is 0.123 e. The molecular weight excluding hydrogens is 260 g/mol. The fraction of sp³-hybridized carbons (Fsp3) is 0.684. The van der Waals surface area contributed by atoms with Crippen molar-refractivity contribution in [1.29, 1.82) is 0 Å². The van der Waals surface area contributed by atoms with Gasteiger partial charge in [-0.2, -0.15) is 0 Å². The van der Waals surface area contributed by atoms with E-state index in [1.54, 1.807) is 0 Å². The number of ether oxygens (including phenoxy) is 1. The van der Waals surface area contributed by atoms with Crippen molar-refractivity contribution in [1.82, 2.24) is 0 Å². The Kier molecular flexibility index (Phi) is 3.56. The van der Waals surface area contributed by atoms with Crippen LogP contribution in [0.25, 0.3) is 0 Å². The molecule has 0 amide bonds. The molecule has 1 aromatic carbocycles. The van der Waals surface area contributed by atoms with Crippen molar-refractivity contribution < 1.29 is 9.84 Å². The highest BCUT2D eigenvalue weighted by Gasteiger charge is 2.57. The van der Waals surface area contributed by atoms with E-state index >= 15 is 0 Å². The molecule has 2 fully saturated rings. The first-order chi connectivity index (χ1) is 9.83. The monoisotopic (exact) mass is 288 g/mol. The van der Waals surface area contributed by atoms with Crippen LogP contribution < -0.4 is 4.74 Å². The minimum Gasteiger partial charge on any atom is -0.489 e. The molecule has 3 rings (SSSR count). The van der Waals surface area contributed by atoms with Gasteiger partial charge in [0, 0.05) is 11.8 Å². The van der Waals surface area contributed by atoms with Crippen LogP contribution in [0.3, 0.4) is 0 Å². The highest BCUT2D eigenvalue weighted by atomic mass is 16.5. The SMILES string of the molecule is Cc1ccc(C(C)(C)C)c(OC2CC(O)C23CCCC3)c1. The summed E-state index contributed by atoms with van der Waals surface area (Å²) in [6, 6.07) is 6.52. The normalized spacial score (nSPS) is 27.7. The summed E-state index contributed by atoms with van der Waals surface area (Å²) in [7, 11) is 0. The lowest BCUT2D eigenvalue weighted by Gasteiger charge is -2.51. The van der Waals surface area contributed by atoms with Gasteiger partial charge in [-0.1, -0.05) is 45.7 Å². The number of benzene rings is 1. The zero-order chi connectivity index (χ0) is 15.3. The van der Waals surface area contributed by atoms with E-state index in [-0.39, 0.29) is 23.0 Å². The van der Waals surface area contributed by atoms with Crippen LogP contribution in [-0.4, -0.2) is 17.3 Å². The maximum absolute atomic E-state index is 10.3. The third-order valence-electron chi connectivity index (χ3n) is 5.49. The van der Waals surface area contributed by atoms with Crippen LogP contribution in [0.1, 0.15) is 64.0 Å². The van der Waals surface area contributed by atoms with Gasteiger partial charge >= 0.3 is 0 Å². The standard InChI is InChI=1S/C19H28O2/c1-13-7-8-14(18(2,3)4)15(11-13)21-17-12-16(20)19(17)9-5-6-10-19/h7-8,11,16-17,20H,5-6,9-10,12H2,1-4H3. The second kappa shape index (κ2) is 5.01. The molecule has 0 bridgehead atoms. The number of hydrogen-bond acceptors (Lipinski definition) is 2. The Bertz CT molecular complexity index is 521. The van der Waals surface area contributed by atoms with Crippen LogP contribution in [0.15, 0.2) is 18.2 Å². The summed E-state index contributed by atoms with van der Waals surface area (Å²) in [5, 5.41) is 10.3. The third-order valence-corrected chi connectivity index (χ3v) is 5.49. The molecule has 21 heavy (non-hydrogen) atoms. The molecule has 2 saturated carbocycles. The van der Waals surface area contributed by atoms with E-state index in [0.29, 0.717) is 0 Å². The first-order valence-electron chi connectivity index (χ1n) is 8.29.